The van der Waals surface area contributed by atoms with Crippen molar-refractivity contribution in [1.29, 1.82) is 0 Å². The first-order valence-electron chi connectivity index (χ1n) is 13.1. The van der Waals surface area contributed by atoms with Gasteiger partial charge in [0, 0.05) is 32.2 Å². The number of ether oxygens (including phenoxy) is 1. The zero-order valence-electron chi connectivity index (χ0n) is 21.3. The van der Waals surface area contributed by atoms with Gasteiger partial charge < -0.3 is 19.2 Å². The molecule has 4 rings (SSSR count). The van der Waals surface area contributed by atoms with Gasteiger partial charge in [-0.25, -0.2) is 0 Å². The minimum atomic E-state index is -0.836. The topological polar surface area (TPSA) is 66.2 Å². The fourth-order valence-electron chi connectivity index (χ4n) is 4.86. The summed E-state index contributed by atoms with van der Waals surface area (Å²) >= 11 is 0. The molecule has 0 radical (unpaired) electrons. The molecule has 1 aliphatic rings. The Kier molecular flexibility index (Phi) is 9.45. The van der Waals surface area contributed by atoms with E-state index in [9.17, 15) is 4.79 Å². The fourth-order valence-corrected chi connectivity index (χ4v) is 4.86. The minimum absolute atomic E-state index is 0.00488. The van der Waals surface area contributed by atoms with E-state index in [0.29, 0.717) is 12.5 Å². The van der Waals surface area contributed by atoms with E-state index in [1.165, 1.54) is 24.8 Å². The van der Waals surface area contributed by atoms with E-state index in [-0.39, 0.29) is 6.42 Å². The zero-order valence-corrected chi connectivity index (χ0v) is 21.3. The molecule has 1 N–H and O–H groups in total. The average Bonchev–Trinajstić information content (AvgIpc) is 3.36. The summed E-state index contributed by atoms with van der Waals surface area (Å²) in [5.74, 6) is 2.27. The first-order chi connectivity index (χ1) is 17.6. The third-order valence-electron chi connectivity index (χ3n) is 6.74. The molecule has 1 aromatic heterocycles. The quantitative estimate of drug-likeness (QED) is 0.298. The van der Waals surface area contributed by atoms with Crippen LogP contribution in [0, 0.1) is 0 Å². The summed E-state index contributed by atoms with van der Waals surface area (Å²) in [7, 11) is 0. The van der Waals surface area contributed by atoms with Crippen molar-refractivity contribution in [3.63, 3.8) is 0 Å². The normalized spacial score (nSPS) is 14.7. The Balaban J connectivity index is 1.34. The van der Waals surface area contributed by atoms with E-state index in [1.54, 1.807) is 0 Å². The van der Waals surface area contributed by atoms with Crippen LogP contribution in [0.3, 0.4) is 0 Å². The maximum absolute atomic E-state index is 11.0. The lowest BCUT2D eigenvalue weighted by atomic mass is 10.0. The lowest BCUT2D eigenvalue weighted by molar-refractivity contribution is -0.136. The summed E-state index contributed by atoms with van der Waals surface area (Å²) in [5.41, 5.74) is 2.09. The number of carboxylic acid groups (broad SMARTS) is 1. The van der Waals surface area contributed by atoms with Crippen LogP contribution in [0.4, 0.5) is 5.88 Å². The van der Waals surface area contributed by atoms with E-state index < -0.39 is 5.97 Å². The summed E-state index contributed by atoms with van der Waals surface area (Å²) in [4.78, 5) is 15.8. The van der Waals surface area contributed by atoms with Gasteiger partial charge in [0.05, 0.1) is 19.6 Å². The van der Waals surface area contributed by atoms with Crippen LogP contribution in [0.5, 0.6) is 5.75 Å². The second kappa shape index (κ2) is 13.2. The van der Waals surface area contributed by atoms with Gasteiger partial charge in [-0.2, -0.15) is 0 Å². The Bertz CT molecular complexity index is 1080. The standard InChI is InChI=1S/C30H38N2O4/c1-24(26-11-4-2-5-12-26)22-31(23-28-14-15-29(36-28)32-17-6-3-7-18-32)16-9-19-35-27-13-8-10-25(20-27)21-30(33)34/h2,4-5,8,10-15,20,24H,3,6-7,9,16-19,21-23H2,1H3,(H,33,34). The van der Waals surface area contributed by atoms with Crippen LogP contribution in [0.25, 0.3) is 0 Å². The molecule has 36 heavy (non-hydrogen) atoms. The van der Waals surface area contributed by atoms with Gasteiger partial charge in [0.15, 0.2) is 5.88 Å². The van der Waals surface area contributed by atoms with Crippen molar-refractivity contribution in [2.75, 3.05) is 37.7 Å². The lowest BCUT2D eigenvalue weighted by Gasteiger charge is -2.27. The molecule has 6 heteroatoms. The molecule has 1 unspecified atom stereocenters. The van der Waals surface area contributed by atoms with Crippen LogP contribution in [-0.2, 0) is 17.8 Å². The van der Waals surface area contributed by atoms with E-state index in [2.05, 4.69) is 59.2 Å². The second-order valence-electron chi connectivity index (χ2n) is 9.75. The second-order valence-corrected chi connectivity index (χ2v) is 9.75. The molecule has 3 aromatic rings. The van der Waals surface area contributed by atoms with Gasteiger partial charge in [0.1, 0.15) is 11.5 Å². The Hall–Kier alpha value is -3.25. The minimum Gasteiger partial charge on any atom is -0.494 e. The summed E-state index contributed by atoms with van der Waals surface area (Å²) in [5, 5.41) is 9.03. The summed E-state index contributed by atoms with van der Waals surface area (Å²) in [6.07, 6.45) is 4.64. The van der Waals surface area contributed by atoms with Gasteiger partial charge in [-0.1, -0.05) is 49.4 Å². The molecule has 0 saturated carbocycles. The highest BCUT2D eigenvalue weighted by molar-refractivity contribution is 5.70. The molecule has 6 nitrogen and oxygen atoms in total. The number of carbonyl (C=O) groups is 1. The SMILES string of the molecule is CC(CN(CCCOc1cccc(CC(=O)O)c1)Cc1ccc(N2CCCCC2)o1)c1ccccc1. The number of furan rings is 1. The van der Waals surface area contributed by atoms with E-state index >= 15 is 0 Å². The fraction of sp³-hybridized carbons (Fsp3) is 0.433. The molecule has 0 aliphatic carbocycles. The van der Waals surface area contributed by atoms with Crippen LogP contribution in [0.1, 0.15) is 55.4 Å². The summed E-state index contributed by atoms with van der Waals surface area (Å²) in [6.45, 7) is 7.57. The van der Waals surface area contributed by atoms with Crippen molar-refractivity contribution in [3.05, 3.63) is 83.6 Å². The molecule has 1 atom stereocenters. The highest BCUT2D eigenvalue weighted by Crippen LogP contribution is 2.24. The van der Waals surface area contributed by atoms with Crippen LogP contribution >= 0.6 is 0 Å². The predicted molar refractivity (Wildman–Crippen MR) is 143 cm³/mol. The largest absolute Gasteiger partial charge is 0.494 e. The van der Waals surface area contributed by atoms with E-state index in [1.807, 2.05) is 24.3 Å². The molecule has 1 fully saturated rings. The van der Waals surface area contributed by atoms with Gasteiger partial charge in [0.25, 0.3) is 0 Å². The third-order valence-corrected chi connectivity index (χ3v) is 6.74. The number of aliphatic carboxylic acids is 1. The lowest BCUT2D eigenvalue weighted by Crippen LogP contribution is -2.30. The first kappa shape index (κ1) is 25.8. The number of hydrogen-bond acceptors (Lipinski definition) is 5. The number of hydrogen-bond donors (Lipinski definition) is 1. The van der Waals surface area contributed by atoms with Gasteiger partial charge in [-0.05, 0) is 60.9 Å². The molecule has 0 spiro atoms. The van der Waals surface area contributed by atoms with Crippen molar-refractivity contribution in [2.24, 2.45) is 0 Å². The maximum atomic E-state index is 11.0. The Labute approximate surface area is 214 Å². The van der Waals surface area contributed by atoms with E-state index in [4.69, 9.17) is 14.3 Å². The highest BCUT2D eigenvalue weighted by Gasteiger charge is 2.17. The van der Waals surface area contributed by atoms with Crippen molar-refractivity contribution < 1.29 is 19.1 Å². The summed E-state index contributed by atoms with van der Waals surface area (Å²) < 4.78 is 12.2. The van der Waals surface area contributed by atoms with Crippen molar-refractivity contribution in [1.82, 2.24) is 4.90 Å². The molecule has 1 aliphatic heterocycles. The number of rotatable bonds is 13. The van der Waals surface area contributed by atoms with E-state index in [0.717, 1.165) is 62.1 Å². The van der Waals surface area contributed by atoms with Crippen molar-refractivity contribution in [3.8, 4) is 5.75 Å². The molecule has 192 valence electrons. The third kappa shape index (κ3) is 7.89. The summed E-state index contributed by atoms with van der Waals surface area (Å²) in [6, 6.07) is 22.2. The first-order valence-corrected chi connectivity index (χ1v) is 13.1. The van der Waals surface area contributed by atoms with Crippen molar-refractivity contribution in [2.45, 2.75) is 51.5 Å². The zero-order chi connectivity index (χ0) is 25.2. The molecule has 0 amide bonds. The Morgan fingerprint density at radius 2 is 1.86 bits per heavy atom. The maximum Gasteiger partial charge on any atom is 0.307 e. The highest BCUT2D eigenvalue weighted by atomic mass is 16.5. The number of carboxylic acids is 1. The number of piperidine rings is 1. The monoisotopic (exact) mass is 490 g/mol. The molecular formula is C30H38N2O4. The Morgan fingerprint density at radius 1 is 1.06 bits per heavy atom. The molecule has 2 aromatic carbocycles. The molecule has 1 saturated heterocycles. The molecular weight excluding hydrogens is 452 g/mol. The molecule has 2 heterocycles. The molecule has 0 bridgehead atoms. The van der Waals surface area contributed by atoms with Crippen LogP contribution in [0.2, 0.25) is 0 Å². The van der Waals surface area contributed by atoms with Gasteiger partial charge in [-0.3, -0.25) is 9.69 Å². The van der Waals surface area contributed by atoms with Gasteiger partial charge >= 0.3 is 5.97 Å². The number of nitrogens with zero attached hydrogens (tertiary/aromatic N) is 2. The van der Waals surface area contributed by atoms with Gasteiger partial charge in [-0.15, -0.1) is 0 Å². The Morgan fingerprint density at radius 3 is 2.64 bits per heavy atom. The van der Waals surface area contributed by atoms with Crippen LogP contribution < -0.4 is 9.64 Å². The number of anilines is 1. The average molecular weight is 491 g/mol. The number of benzene rings is 2. The smallest absolute Gasteiger partial charge is 0.307 e. The van der Waals surface area contributed by atoms with Crippen LogP contribution in [-0.4, -0.2) is 48.8 Å². The predicted octanol–water partition coefficient (Wildman–Crippen LogP) is 5.97. The van der Waals surface area contributed by atoms with Gasteiger partial charge in [0.2, 0.25) is 0 Å². The van der Waals surface area contributed by atoms with Crippen LogP contribution in [0.15, 0.2) is 71.1 Å². The van der Waals surface area contributed by atoms with Crippen molar-refractivity contribution >= 4 is 11.9 Å².